The SMILES string of the molecule is N[C@H]1CCN(C[C@@H](c2cccc(Cl)c2)C2(O)CCCCC2)C1. The summed E-state index contributed by atoms with van der Waals surface area (Å²) in [5.74, 6) is 0.122. The summed E-state index contributed by atoms with van der Waals surface area (Å²) in [6.07, 6.45) is 6.31. The Hall–Kier alpha value is -0.610. The van der Waals surface area contributed by atoms with Crippen molar-refractivity contribution < 1.29 is 5.11 Å². The summed E-state index contributed by atoms with van der Waals surface area (Å²) in [5, 5.41) is 12.1. The number of nitrogens with zero attached hydrogens (tertiary/aromatic N) is 1. The van der Waals surface area contributed by atoms with Crippen LogP contribution in [0.2, 0.25) is 5.02 Å². The van der Waals surface area contributed by atoms with E-state index in [1.807, 2.05) is 18.2 Å². The zero-order chi connectivity index (χ0) is 15.6. The molecule has 0 aromatic heterocycles. The molecular weight excluding hydrogens is 296 g/mol. The van der Waals surface area contributed by atoms with E-state index >= 15 is 0 Å². The highest BCUT2D eigenvalue weighted by molar-refractivity contribution is 6.30. The molecule has 3 rings (SSSR count). The first kappa shape index (κ1) is 16.3. The Morgan fingerprint density at radius 1 is 1.32 bits per heavy atom. The van der Waals surface area contributed by atoms with Gasteiger partial charge in [-0.15, -0.1) is 0 Å². The van der Waals surface area contributed by atoms with Crippen LogP contribution in [0.5, 0.6) is 0 Å². The molecule has 1 saturated carbocycles. The standard InChI is InChI=1S/C18H27ClN2O/c19-15-6-4-5-14(11-15)17(13-21-10-7-16(20)12-21)18(22)8-2-1-3-9-18/h4-6,11,16-17,22H,1-3,7-10,12-13,20H2/t16-,17-/m0/s1. The molecule has 1 aromatic carbocycles. The molecule has 122 valence electrons. The van der Waals surface area contributed by atoms with Crippen molar-refractivity contribution in [1.29, 1.82) is 0 Å². The Kier molecular flexibility index (Phi) is 5.08. The first-order valence-corrected chi connectivity index (χ1v) is 8.90. The molecule has 3 nitrogen and oxygen atoms in total. The molecule has 4 heteroatoms. The molecule has 2 fully saturated rings. The zero-order valence-electron chi connectivity index (χ0n) is 13.2. The van der Waals surface area contributed by atoms with Crippen molar-refractivity contribution >= 4 is 11.6 Å². The van der Waals surface area contributed by atoms with Gasteiger partial charge in [0.25, 0.3) is 0 Å². The molecule has 1 aromatic rings. The van der Waals surface area contributed by atoms with E-state index in [1.165, 1.54) is 6.42 Å². The number of likely N-dealkylation sites (tertiary alicyclic amines) is 1. The highest BCUT2D eigenvalue weighted by atomic mass is 35.5. The van der Waals surface area contributed by atoms with E-state index in [0.29, 0.717) is 0 Å². The molecule has 1 heterocycles. The van der Waals surface area contributed by atoms with Gasteiger partial charge in [0.2, 0.25) is 0 Å². The summed E-state index contributed by atoms with van der Waals surface area (Å²) < 4.78 is 0. The van der Waals surface area contributed by atoms with Crippen molar-refractivity contribution in [2.24, 2.45) is 5.73 Å². The molecule has 0 radical (unpaired) electrons. The van der Waals surface area contributed by atoms with Crippen molar-refractivity contribution in [3.05, 3.63) is 34.9 Å². The predicted molar refractivity (Wildman–Crippen MR) is 91.3 cm³/mol. The maximum Gasteiger partial charge on any atom is 0.0728 e. The Labute approximate surface area is 138 Å². The third kappa shape index (κ3) is 3.65. The van der Waals surface area contributed by atoms with Gasteiger partial charge in [-0.1, -0.05) is 43.0 Å². The van der Waals surface area contributed by atoms with Gasteiger partial charge in [0.05, 0.1) is 5.60 Å². The van der Waals surface area contributed by atoms with E-state index in [4.69, 9.17) is 17.3 Å². The largest absolute Gasteiger partial charge is 0.389 e. The van der Waals surface area contributed by atoms with Crippen LogP contribution in [0.25, 0.3) is 0 Å². The number of nitrogens with two attached hydrogens (primary N) is 1. The Bertz CT molecular complexity index is 502. The smallest absolute Gasteiger partial charge is 0.0728 e. The van der Waals surface area contributed by atoms with Gasteiger partial charge in [0, 0.05) is 30.1 Å². The Morgan fingerprint density at radius 2 is 2.09 bits per heavy atom. The molecule has 1 aliphatic heterocycles. The molecule has 0 spiro atoms. The number of hydrogen-bond donors (Lipinski definition) is 2. The van der Waals surface area contributed by atoms with E-state index in [0.717, 1.165) is 62.3 Å². The molecule has 1 aliphatic carbocycles. The number of benzene rings is 1. The van der Waals surface area contributed by atoms with E-state index < -0.39 is 5.60 Å². The fraction of sp³-hybridized carbons (Fsp3) is 0.667. The van der Waals surface area contributed by atoms with Crippen molar-refractivity contribution in [2.75, 3.05) is 19.6 Å². The second kappa shape index (κ2) is 6.88. The lowest BCUT2D eigenvalue weighted by Crippen LogP contribution is -2.44. The summed E-state index contributed by atoms with van der Waals surface area (Å²) >= 11 is 6.20. The number of rotatable bonds is 4. The fourth-order valence-corrected chi connectivity index (χ4v) is 4.31. The van der Waals surface area contributed by atoms with Gasteiger partial charge in [-0.2, -0.15) is 0 Å². The second-order valence-corrected chi connectivity index (χ2v) is 7.52. The first-order valence-electron chi connectivity index (χ1n) is 8.53. The quantitative estimate of drug-likeness (QED) is 0.895. The summed E-state index contributed by atoms with van der Waals surface area (Å²) in [6, 6.07) is 8.31. The van der Waals surface area contributed by atoms with Crippen LogP contribution < -0.4 is 5.73 Å². The van der Waals surface area contributed by atoms with Crippen LogP contribution in [0.3, 0.4) is 0 Å². The lowest BCUT2D eigenvalue weighted by molar-refractivity contribution is -0.0294. The monoisotopic (exact) mass is 322 g/mol. The summed E-state index contributed by atoms with van der Waals surface area (Å²) in [6.45, 7) is 2.85. The predicted octanol–water partition coefficient (Wildman–Crippen LogP) is 3.15. The van der Waals surface area contributed by atoms with Crippen molar-refractivity contribution in [3.63, 3.8) is 0 Å². The lowest BCUT2D eigenvalue weighted by atomic mass is 9.72. The van der Waals surface area contributed by atoms with Gasteiger partial charge in [0.1, 0.15) is 0 Å². The summed E-state index contributed by atoms with van der Waals surface area (Å²) in [7, 11) is 0. The van der Waals surface area contributed by atoms with Gasteiger partial charge in [-0.25, -0.2) is 0 Å². The van der Waals surface area contributed by atoms with Crippen LogP contribution in [0.4, 0.5) is 0 Å². The van der Waals surface area contributed by atoms with Crippen molar-refractivity contribution in [1.82, 2.24) is 4.90 Å². The number of hydrogen-bond acceptors (Lipinski definition) is 3. The Morgan fingerprint density at radius 3 is 2.73 bits per heavy atom. The summed E-state index contributed by atoms with van der Waals surface area (Å²) in [5.41, 5.74) is 6.61. The second-order valence-electron chi connectivity index (χ2n) is 7.08. The van der Waals surface area contributed by atoms with Crippen LogP contribution in [0, 0.1) is 0 Å². The van der Waals surface area contributed by atoms with Crippen molar-refractivity contribution in [3.8, 4) is 0 Å². The highest BCUT2D eigenvalue weighted by Gasteiger charge is 2.40. The minimum atomic E-state index is -0.602. The molecule has 22 heavy (non-hydrogen) atoms. The zero-order valence-corrected chi connectivity index (χ0v) is 13.9. The molecule has 3 N–H and O–H groups in total. The highest BCUT2D eigenvalue weighted by Crippen LogP contribution is 2.41. The molecule has 2 aliphatic rings. The molecular formula is C18H27ClN2O. The van der Waals surface area contributed by atoms with Gasteiger partial charge in [0.15, 0.2) is 0 Å². The van der Waals surface area contributed by atoms with Crippen molar-refractivity contribution in [2.45, 2.75) is 56.1 Å². The van der Waals surface area contributed by atoms with E-state index in [-0.39, 0.29) is 12.0 Å². The minimum absolute atomic E-state index is 0.122. The third-order valence-electron chi connectivity index (χ3n) is 5.37. The van der Waals surface area contributed by atoms with Gasteiger partial charge >= 0.3 is 0 Å². The van der Waals surface area contributed by atoms with E-state index in [2.05, 4.69) is 11.0 Å². The first-order chi connectivity index (χ1) is 10.6. The van der Waals surface area contributed by atoms with Gasteiger partial charge in [-0.3, -0.25) is 0 Å². The van der Waals surface area contributed by atoms with Gasteiger partial charge in [-0.05, 0) is 43.5 Å². The fourth-order valence-electron chi connectivity index (χ4n) is 4.11. The van der Waals surface area contributed by atoms with Crippen LogP contribution in [0.1, 0.15) is 50.0 Å². The number of halogens is 1. The number of aliphatic hydroxyl groups is 1. The third-order valence-corrected chi connectivity index (χ3v) is 5.60. The van der Waals surface area contributed by atoms with Gasteiger partial charge < -0.3 is 15.7 Å². The topological polar surface area (TPSA) is 49.5 Å². The average Bonchev–Trinajstić information content (AvgIpc) is 2.91. The lowest BCUT2D eigenvalue weighted by Gasteiger charge is -2.41. The van der Waals surface area contributed by atoms with Crippen LogP contribution in [-0.4, -0.2) is 41.3 Å². The normalized spacial score (nSPS) is 27.0. The van der Waals surface area contributed by atoms with E-state index in [9.17, 15) is 5.11 Å². The van der Waals surface area contributed by atoms with Crippen LogP contribution >= 0.6 is 11.6 Å². The maximum atomic E-state index is 11.3. The van der Waals surface area contributed by atoms with Crippen LogP contribution in [-0.2, 0) is 0 Å². The summed E-state index contributed by atoms with van der Waals surface area (Å²) in [4.78, 5) is 2.41. The minimum Gasteiger partial charge on any atom is -0.389 e. The van der Waals surface area contributed by atoms with Crippen LogP contribution in [0.15, 0.2) is 24.3 Å². The molecule has 1 saturated heterocycles. The van der Waals surface area contributed by atoms with E-state index in [1.54, 1.807) is 0 Å². The molecule has 0 bridgehead atoms. The molecule has 2 atom stereocenters. The molecule has 0 unspecified atom stereocenters. The maximum absolute atomic E-state index is 11.3. The average molecular weight is 323 g/mol. The Balaban J connectivity index is 1.84. The molecule has 0 amide bonds.